The Morgan fingerprint density at radius 1 is 1.03 bits per heavy atom. The standard InChI is InChI=1S/C26H25F3N4O2/c1-16(2)23(30-24(34)19-9-11-20(12-10-19)26(27,28)29)22-14-21-13-17(3)31-33(21)25(35)32(22)15-18-7-5-4-6-8-18/h4-14,16,23H,15H2,1-3H3,(H,30,34). The average molecular weight is 483 g/mol. The lowest BCUT2D eigenvalue weighted by molar-refractivity contribution is -0.137. The molecule has 1 amide bonds. The zero-order chi connectivity index (χ0) is 25.3. The van der Waals surface area contributed by atoms with Crippen LogP contribution in [0.15, 0.2) is 71.5 Å². The van der Waals surface area contributed by atoms with Crippen molar-refractivity contribution in [3.8, 4) is 0 Å². The summed E-state index contributed by atoms with van der Waals surface area (Å²) in [4.78, 5) is 26.4. The summed E-state index contributed by atoms with van der Waals surface area (Å²) in [5.74, 6) is -0.651. The lowest BCUT2D eigenvalue weighted by Crippen LogP contribution is -2.38. The number of rotatable bonds is 6. The second kappa shape index (κ2) is 9.40. The van der Waals surface area contributed by atoms with E-state index in [1.165, 1.54) is 4.52 Å². The largest absolute Gasteiger partial charge is 0.416 e. The molecule has 35 heavy (non-hydrogen) atoms. The van der Waals surface area contributed by atoms with Crippen LogP contribution in [-0.4, -0.2) is 20.1 Å². The molecule has 2 heterocycles. The predicted molar refractivity (Wildman–Crippen MR) is 126 cm³/mol. The lowest BCUT2D eigenvalue weighted by Gasteiger charge is -2.26. The van der Waals surface area contributed by atoms with Gasteiger partial charge in [0.05, 0.1) is 29.4 Å². The van der Waals surface area contributed by atoms with Crippen molar-refractivity contribution in [3.05, 3.63) is 105 Å². The first-order valence-electron chi connectivity index (χ1n) is 11.2. The molecule has 0 spiro atoms. The van der Waals surface area contributed by atoms with Crippen LogP contribution in [0.1, 0.15) is 52.8 Å². The summed E-state index contributed by atoms with van der Waals surface area (Å²) in [6.07, 6.45) is -4.48. The molecule has 0 aliphatic heterocycles. The van der Waals surface area contributed by atoms with Gasteiger partial charge in [-0.15, -0.1) is 0 Å². The van der Waals surface area contributed by atoms with E-state index in [4.69, 9.17) is 0 Å². The number of carbonyl (C=O) groups is 1. The van der Waals surface area contributed by atoms with E-state index in [-0.39, 0.29) is 23.7 Å². The van der Waals surface area contributed by atoms with Gasteiger partial charge in [-0.05, 0) is 54.8 Å². The maximum atomic E-state index is 13.4. The predicted octanol–water partition coefficient (Wildman–Crippen LogP) is 5.00. The maximum absolute atomic E-state index is 13.4. The van der Waals surface area contributed by atoms with Gasteiger partial charge >= 0.3 is 11.9 Å². The van der Waals surface area contributed by atoms with E-state index in [0.717, 1.165) is 29.8 Å². The molecule has 4 aromatic rings. The van der Waals surface area contributed by atoms with Crippen LogP contribution in [0.2, 0.25) is 0 Å². The minimum absolute atomic E-state index is 0.0990. The molecule has 0 fully saturated rings. The second-order valence-corrected chi connectivity index (χ2v) is 8.82. The van der Waals surface area contributed by atoms with Crippen molar-refractivity contribution in [2.45, 2.75) is 39.5 Å². The van der Waals surface area contributed by atoms with E-state index in [1.54, 1.807) is 17.6 Å². The summed E-state index contributed by atoms with van der Waals surface area (Å²) in [5, 5.41) is 7.22. The van der Waals surface area contributed by atoms with Crippen LogP contribution in [0.4, 0.5) is 13.2 Å². The van der Waals surface area contributed by atoms with Gasteiger partial charge in [0, 0.05) is 11.3 Å². The molecule has 0 saturated carbocycles. The molecular formula is C26H25F3N4O2. The number of carbonyl (C=O) groups excluding carboxylic acids is 1. The minimum atomic E-state index is -4.48. The van der Waals surface area contributed by atoms with Crippen molar-refractivity contribution in [1.29, 1.82) is 0 Å². The number of nitrogens with zero attached hydrogens (tertiary/aromatic N) is 3. The fourth-order valence-corrected chi connectivity index (χ4v) is 4.03. The third-order valence-electron chi connectivity index (χ3n) is 5.81. The summed E-state index contributed by atoms with van der Waals surface area (Å²) < 4.78 is 41.6. The monoisotopic (exact) mass is 482 g/mol. The maximum Gasteiger partial charge on any atom is 0.416 e. The highest BCUT2D eigenvalue weighted by atomic mass is 19.4. The van der Waals surface area contributed by atoms with E-state index in [9.17, 15) is 22.8 Å². The summed E-state index contributed by atoms with van der Waals surface area (Å²) in [7, 11) is 0. The molecule has 0 aliphatic rings. The molecule has 0 bridgehead atoms. The molecule has 1 N–H and O–H groups in total. The third-order valence-corrected chi connectivity index (χ3v) is 5.81. The number of hydrogen-bond donors (Lipinski definition) is 1. The molecule has 1 unspecified atom stereocenters. The van der Waals surface area contributed by atoms with Crippen LogP contribution in [-0.2, 0) is 12.7 Å². The Morgan fingerprint density at radius 2 is 1.69 bits per heavy atom. The molecule has 0 aliphatic carbocycles. The number of alkyl halides is 3. The van der Waals surface area contributed by atoms with Crippen molar-refractivity contribution in [2.24, 2.45) is 5.92 Å². The lowest BCUT2D eigenvalue weighted by atomic mass is 9.98. The molecule has 4 rings (SSSR count). The van der Waals surface area contributed by atoms with Crippen molar-refractivity contribution >= 4 is 11.4 Å². The Labute approximate surface area is 200 Å². The fourth-order valence-electron chi connectivity index (χ4n) is 4.03. The Morgan fingerprint density at radius 3 is 2.29 bits per heavy atom. The summed E-state index contributed by atoms with van der Waals surface area (Å²) >= 11 is 0. The van der Waals surface area contributed by atoms with Gasteiger partial charge in [0.15, 0.2) is 0 Å². The third kappa shape index (κ3) is 5.13. The number of benzene rings is 2. The Balaban J connectivity index is 1.75. The zero-order valence-corrected chi connectivity index (χ0v) is 19.5. The van der Waals surface area contributed by atoms with Crippen LogP contribution in [0.3, 0.4) is 0 Å². The fraction of sp³-hybridized carbons (Fsp3) is 0.269. The quantitative estimate of drug-likeness (QED) is 0.421. The molecule has 0 saturated heterocycles. The molecule has 2 aromatic heterocycles. The first kappa shape index (κ1) is 24.3. The van der Waals surface area contributed by atoms with Crippen LogP contribution >= 0.6 is 0 Å². The number of fused-ring (bicyclic) bond motifs is 1. The van der Waals surface area contributed by atoms with Crippen LogP contribution in [0.25, 0.3) is 5.52 Å². The Kier molecular flexibility index (Phi) is 6.51. The zero-order valence-electron chi connectivity index (χ0n) is 19.5. The van der Waals surface area contributed by atoms with Crippen molar-refractivity contribution < 1.29 is 18.0 Å². The highest BCUT2D eigenvalue weighted by Crippen LogP contribution is 2.29. The van der Waals surface area contributed by atoms with Gasteiger partial charge < -0.3 is 5.32 Å². The van der Waals surface area contributed by atoms with Crippen LogP contribution in [0, 0.1) is 12.8 Å². The van der Waals surface area contributed by atoms with E-state index >= 15 is 0 Å². The normalized spacial score (nSPS) is 12.8. The van der Waals surface area contributed by atoms with E-state index in [1.807, 2.05) is 50.2 Å². The Bertz CT molecular complexity index is 1410. The second-order valence-electron chi connectivity index (χ2n) is 8.82. The van der Waals surface area contributed by atoms with Gasteiger partial charge in [-0.2, -0.15) is 22.8 Å². The molecular weight excluding hydrogens is 457 g/mol. The average Bonchev–Trinajstić information content (AvgIpc) is 3.19. The number of aromatic nitrogens is 3. The van der Waals surface area contributed by atoms with Gasteiger partial charge in [-0.3, -0.25) is 9.36 Å². The topological polar surface area (TPSA) is 68.4 Å². The van der Waals surface area contributed by atoms with Crippen LogP contribution in [0.5, 0.6) is 0 Å². The number of aryl methyl sites for hydroxylation is 1. The molecule has 182 valence electrons. The number of hydrogen-bond acceptors (Lipinski definition) is 3. The highest BCUT2D eigenvalue weighted by Gasteiger charge is 2.30. The summed E-state index contributed by atoms with van der Waals surface area (Å²) in [6, 6.07) is 16.5. The Hall–Kier alpha value is -3.88. The number of halogens is 3. The van der Waals surface area contributed by atoms with Crippen LogP contribution < -0.4 is 11.0 Å². The van der Waals surface area contributed by atoms with Gasteiger partial charge in [-0.1, -0.05) is 44.2 Å². The number of nitrogens with one attached hydrogen (secondary N) is 1. The van der Waals surface area contributed by atoms with E-state index in [0.29, 0.717) is 16.9 Å². The summed E-state index contributed by atoms with van der Waals surface area (Å²) in [6.45, 7) is 5.87. The summed E-state index contributed by atoms with van der Waals surface area (Å²) in [5.41, 5.74) is 1.69. The van der Waals surface area contributed by atoms with E-state index in [2.05, 4.69) is 10.4 Å². The molecule has 6 nitrogen and oxygen atoms in total. The van der Waals surface area contributed by atoms with Gasteiger partial charge in [0.1, 0.15) is 0 Å². The molecule has 9 heteroatoms. The SMILES string of the molecule is Cc1cc2cc(C(NC(=O)c3ccc(C(F)(F)F)cc3)C(C)C)n(Cc3ccccc3)c(=O)n2n1. The van der Waals surface area contributed by atoms with Crippen molar-refractivity contribution in [2.75, 3.05) is 0 Å². The van der Waals surface area contributed by atoms with E-state index < -0.39 is 23.7 Å². The number of amides is 1. The van der Waals surface area contributed by atoms with Crippen molar-refractivity contribution in [1.82, 2.24) is 19.5 Å². The molecule has 2 aromatic carbocycles. The van der Waals surface area contributed by atoms with Gasteiger partial charge in [0.25, 0.3) is 5.91 Å². The van der Waals surface area contributed by atoms with Gasteiger partial charge in [0.2, 0.25) is 0 Å². The smallest absolute Gasteiger partial charge is 0.343 e. The molecule has 0 radical (unpaired) electrons. The minimum Gasteiger partial charge on any atom is -0.343 e. The highest BCUT2D eigenvalue weighted by molar-refractivity contribution is 5.94. The molecule has 1 atom stereocenters. The van der Waals surface area contributed by atoms with Crippen molar-refractivity contribution in [3.63, 3.8) is 0 Å². The first-order valence-corrected chi connectivity index (χ1v) is 11.2. The first-order chi connectivity index (χ1) is 16.5. The van der Waals surface area contributed by atoms with Gasteiger partial charge in [-0.25, -0.2) is 4.79 Å².